The zero-order valence-electron chi connectivity index (χ0n) is 18.8. The molecule has 0 atom stereocenters. The van der Waals surface area contributed by atoms with Crippen molar-refractivity contribution in [2.24, 2.45) is 5.92 Å². The second kappa shape index (κ2) is 12.8. The molecule has 1 aromatic rings. The maximum Gasteiger partial charge on any atom is 0.320 e. The molecule has 1 aromatic carbocycles. The van der Waals surface area contributed by atoms with Crippen LogP contribution in [-0.4, -0.2) is 75.4 Å². The van der Waals surface area contributed by atoms with E-state index in [1.54, 1.807) is 6.07 Å². The molecule has 0 aliphatic carbocycles. The van der Waals surface area contributed by atoms with E-state index in [1.807, 2.05) is 18.7 Å². The molecular formula is C20H32ClN3O7S. The molecule has 2 rings (SSSR count). The monoisotopic (exact) mass is 493 g/mol. The number of nitrogens with one attached hydrogen (secondary N) is 1. The molecule has 0 aromatic heterocycles. The van der Waals surface area contributed by atoms with Crippen molar-refractivity contribution < 1.29 is 32.0 Å². The summed E-state index contributed by atoms with van der Waals surface area (Å²) in [5, 5.41) is 3.32. The number of rotatable bonds is 7. The van der Waals surface area contributed by atoms with Crippen LogP contribution in [-0.2, 0) is 19.6 Å². The molecule has 1 fully saturated rings. The Balaban J connectivity index is 0.000000920. The molecule has 0 bridgehead atoms. The van der Waals surface area contributed by atoms with E-state index in [-0.39, 0.29) is 24.5 Å². The minimum absolute atomic E-state index is 0.0291. The number of benzene rings is 1. The fourth-order valence-electron chi connectivity index (χ4n) is 2.90. The van der Waals surface area contributed by atoms with Gasteiger partial charge in [-0.15, -0.1) is 0 Å². The quantitative estimate of drug-likeness (QED) is 0.293. The molecule has 1 saturated heterocycles. The van der Waals surface area contributed by atoms with Gasteiger partial charge in [-0.2, -0.15) is 8.42 Å². The maximum atomic E-state index is 12.6. The highest BCUT2D eigenvalue weighted by Gasteiger charge is 2.24. The highest BCUT2D eigenvalue weighted by molar-refractivity contribution is 7.85. The summed E-state index contributed by atoms with van der Waals surface area (Å²) in [6.07, 6.45) is 2.23. The number of esters is 1. The number of ether oxygens (including phenoxy) is 2. The molecular weight excluding hydrogens is 462 g/mol. The molecule has 0 saturated carbocycles. The highest BCUT2D eigenvalue weighted by atomic mass is 35.5. The first kappa shape index (κ1) is 28.0. The molecule has 1 aliphatic rings. The third kappa shape index (κ3) is 11.0. The number of likely N-dealkylation sites (tertiary alicyclic amines) is 1. The third-order valence-corrected chi connectivity index (χ3v) is 4.74. The van der Waals surface area contributed by atoms with Crippen LogP contribution < -0.4 is 15.8 Å². The largest absolute Gasteiger partial charge is 0.496 e. The predicted molar refractivity (Wildman–Crippen MR) is 123 cm³/mol. The summed E-state index contributed by atoms with van der Waals surface area (Å²) in [6, 6.07) is 3.09. The van der Waals surface area contributed by atoms with Gasteiger partial charge in [0.2, 0.25) is 0 Å². The van der Waals surface area contributed by atoms with Gasteiger partial charge < -0.3 is 20.5 Å². The fraction of sp³-hybridized carbons (Fsp3) is 0.600. The second-order valence-corrected chi connectivity index (χ2v) is 9.78. The molecule has 4 N–H and O–H groups in total. The number of methoxy groups -OCH3 is 1. The molecule has 1 aliphatic heterocycles. The molecule has 182 valence electrons. The van der Waals surface area contributed by atoms with Gasteiger partial charge in [-0.3, -0.25) is 19.0 Å². The lowest BCUT2D eigenvalue weighted by Crippen LogP contribution is -2.46. The summed E-state index contributed by atoms with van der Waals surface area (Å²) in [7, 11) is -2.18. The Labute approximate surface area is 194 Å². The Bertz CT molecular complexity index is 877. The van der Waals surface area contributed by atoms with Crippen LogP contribution in [0.25, 0.3) is 0 Å². The van der Waals surface area contributed by atoms with Gasteiger partial charge in [0.25, 0.3) is 16.0 Å². The lowest BCUT2D eigenvalue weighted by molar-refractivity contribution is -0.146. The number of carbonyl (C=O) groups is 2. The standard InChI is InChI=1S/C19H28ClN3O4.CH4O3S/c1-12(2)11-27-18(24)10-23-6-4-13(5-7-23)22-19(25)14-8-15(20)16(21)9-17(14)26-3;1-5(2,3)4/h8-9,12-13H,4-7,10-11,21H2,1-3H3,(H,22,25);1H3,(H,2,3,4). The Morgan fingerprint density at radius 1 is 1.31 bits per heavy atom. The van der Waals surface area contributed by atoms with E-state index < -0.39 is 10.1 Å². The Hall–Kier alpha value is -2.08. The fourth-order valence-corrected chi connectivity index (χ4v) is 3.07. The first-order valence-corrected chi connectivity index (χ1v) is 12.3. The summed E-state index contributed by atoms with van der Waals surface area (Å²) in [4.78, 5) is 26.5. The SMILES string of the molecule is COc1cc(N)c(Cl)cc1C(=O)NC1CCN(CC(=O)OCC(C)C)CC1.CS(=O)(=O)O. The third-order valence-electron chi connectivity index (χ3n) is 4.42. The first-order valence-electron chi connectivity index (χ1n) is 10.0. The van der Waals surface area contributed by atoms with Crippen LogP contribution in [0.3, 0.4) is 0 Å². The second-order valence-electron chi connectivity index (χ2n) is 7.91. The topological polar surface area (TPSA) is 148 Å². The number of carbonyl (C=O) groups excluding carboxylic acids is 2. The van der Waals surface area contributed by atoms with Crippen LogP contribution in [0.15, 0.2) is 12.1 Å². The normalized spacial score (nSPS) is 15.0. The van der Waals surface area contributed by atoms with Crippen molar-refractivity contribution in [3.05, 3.63) is 22.7 Å². The van der Waals surface area contributed by atoms with Crippen molar-refractivity contribution in [1.82, 2.24) is 10.2 Å². The van der Waals surface area contributed by atoms with Gasteiger partial charge in [0.1, 0.15) is 5.75 Å². The van der Waals surface area contributed by atoms with E-state index in [1.165, 1.54) is 13.2 Å². The molecule has 12 heteroatoms. The van der Waals surface area contributed by atoms with Crippen LogP contribution in [0.1, 0.15) is 37.0 Å². The number of nitrogen functional groups attached to an aromatic ring is 1. The summed E-state index contributed by atoms with van der Waals surface area (Å²) < 4.78 is 36.3. The van der Waals surface area contributed by atoms with E-state index in [4.69, 9.17) is 31.4 Å². The van der Waals surface area contributed by atoms with Crippen LogP contribution in [0.5, 0.6) is 5.75 Å². The predicted octanol–water partition coefficient (Wildman–Crippen LogP) is 1.83. The number of anilines is 1. The van der Waals surface area contributed by atoms with Crippen molar-refractivity contribution >= 4 is 39.3 Å². The lowest BCUT2D eigenvalue weighted by Gasteiger charge is -2.31. The van der Waals surface area contributed by atoms with Gasteiger partial charge in [0.15, 0.2) is 0 Å². The number of hydrogen-bond acceptors (Lipinski definition) is 8. The molecule has 1 amide bonds. The van der Waals surface area contributed by atoms with Crippen LogP contribution in [0, 0.1) is 5.92 Å². The number of amides is 1. The maximum absolute atomic E-state index is 12.6. The lowest BCUT2D eigenvalue weighted by atomic mass is 10.0. The van der Waals surface area contributed by atoms with E-state index in [0.29, 0.717) is 40.8 Å². The Morgan fingerprint density at radius 2 is 1.88 bits per heavy atom. The van der Waals surface area contributed by atoms with Crippen molar-refractivity contribution in [2.45, 2.75) is 32.7 Å². The van der Waals surface area contributed by atoms with Crippen molar-refractivity contribution in [2.75, 3.05) is 45.3 Å². The molecule has 1 heterocycles. The number of hydrogen-bond donors (Lipinski definition) is 3. The smallest absolute Gasteiger partial charge is 0.320 e. The van der Waals surface area contributed by atoms with Gasteiger partial charge in [-0.1, -0.05) is 25.4 Å². The van der Waals surface area contributed by atoms with Crippen LogP contribution in [0.4, 0.5) is 5.69 Å². The summed E-state index contributed by atoms with van der Waals surface area (Å²) in [6.45, 7) is 6.18. The van der Waals surface area contributed by atoms with E-state index >= 15 is 0 Å². The summed E-state index contributed by atoms with van der Waals surface area (Å²) in [5.41, 5.74) is 6.48. The van der Waals surface area contributed by atoms with Crippen molar-refractivity contribution in [3.8, 4) is 5.75 Å². The average Bonchev–Trinajstić information content (AvgIpc) is 2.68. The van der Waals surface area contributed by atoms with Gasteiger partial charge in [0, 0.05) is 25.2 Å². The van der Waals surface area contributed by atoms with Gasteiger partial charge >= 0.3 is 5.97 Å². The van der Waals surface area contributed by atoms with E-state index in [2.05, 4.69) is 5.32 Å². The number of nitrogens with two attached hydrogens (primary N) is 1. The zero-order valence-corrected chi connectivity index (χ0v) is 20.3. The molecule has 0 unspecified atom stereocenters. The molecule has 10 nitrogen and oxygen atoms in total. The van der Waals surface area contributed by atoms with E-state index in [0.717, 1.165) is 25.9 Å². The minimum atomic E-state index is -3.67. The first-order chi connectivity index (χ1) is 14.8. The summed E-state index contributed by atoms with van der Waals surface area (Å²) >= 11 is 6.03. The van der Waals surface area contributed by atoms with Gasteiger partial charge in [-0.25, -0.2) is 0 Å². The van der Waals surface area contributed by atoms with Crippen molar-refractivity contribution in [3.63, 3.8) is 0 Å². The van der Waals surface area contributed by atoms with Crippen LogP contribution >= 0.6 is 11.6 Å². The van der Waals surface area contributed by atoms with Crippen molar-refractivity contribution in [1.29, 1.82) is 0 Å². The van der Waals surface area contributed by atoms with Gasteiger partial charge in [-0.05, 0) is 24.8 Å². The average molecular weight is 494 g/mol. The Morgan fingerprint density at radius 3 is 2.38 bits per heavy atom. The van der Waals surface area contributed by atoms with Gasteiger partial charge in [0.05, 0.1) is 42.8 Å². The number of piperidine rings is 1. The summed E-state index contributed by atoms with van der Waals surface area (Å²) in [5.74, 6) is 0.268. The van der Waals surface area contributed by atoms with E-state index in [9.17, 15) is 18.0 Å². The van der Waals surface area contributed by atoms with Crippen LogP contribution in [0.2, 0.25) is 5.02 Å². The molecule has 0 radical (unpaired) electrons. The Kier molecular flexibility index (Phi) is 11.2. The minimum Gasteiger partial charge on any atom is -0.496 e. The molecule has 0 spiro atoms. The highest BCUT2D eigenvalue weighted by Crippen LogP contribution is 2.29. The number of halogens is 1. The zero-order chi connectivity index (χ0) is 24.5. The molecule has 32 heavy (non-hydrogen) atoms. The number of nitrogens with zero attached hydrogens (tertiary/aromatic N) is 1.